The van der Waals surface area contributed by atoms with Gasteiger partial charge in [0.1, 0.15) is 48.7 Å². The van der Waals surface area contributed by atoms with Gasteiger partial charge in [-0.05, 0) is 6.42 Å². The summed E-state index contributed by atoms with van der Waals surface area (Å²) in [5.74, 6) is 0. The highest BCUT2D eigenvalue weighted by Crippen LogP contribution is 2.25. The van der Waals surface area contributed by atoms with Crippen LogP contribution in [0.15, 0.2) is 0 Å². The second-order valence-electron chi connectivity index (χ2n) is 6.50. The Bertz CT molecular complexity index is 366. The monoisotopic (exact) mass is 389 g/mol. The molecule has 0 saturated carbocycles. The molecule has 10 atom stereocenters. The van der Waals surface area contributed by atoms with E-state index in [-0.39, 0.29) is 31.9 Å². The van der Waals surface area contributed by atoms with Gasteiger partial charge >= 0.3 is 0 Å². The van der Waals surface area contributed by atoms with E-state index in [0.29, 0.717) is 0 Å². The van der Waals surface area contributed by atoms with Gasteiger partial charge in [0.05, 0.1) is 12.7 Å². The number of nitrogens with two attached hydrogens (primary N) is 1. The van der Waals surface area contributed by atoms with Crippen molar-refractivity contribution >= 4 is 0 Å². The molecule has 0 aromatic rings. The lowest BCUT2D eigenvalue weighted by molar-refractivity contribution is -0.749. The number of methoxy groups -OCH3 is 1. The number of quaternary nitrogens is 1. The van der Waals surface area contributed by atoms with Gasteiger partial charge in [-0.1, -0.05) is 0 Å². The van der Waals surface area contributed by atoms with Gasteiger partial charge in [0.15, 0.2) is 6.29 Å². The molecule has 0 spiro atoms. The maximum Gasteiger partial charge on any atom is 0.186 e. The Morgan fingerprint density at radius 1 is 0.800 bits per heavy atom. The van der Waals surface area contributed by atoms with Crippen LogP contribution in [0, 0.1) is 0 Å². The topological polar surface area (TPSA) is 177 Å². The molecule has 0 amide bonds. The molecule has 2 aliphatic heterocycles. The molecule has 10 nitrogen and oxygen atoms in total. The average Bonchev–Trinajstić information content (AvgIpc) is 2.58. The summed E-state index contributed by atoms with van der Waals surface area (Å²) in [5.41, 5.74) is 0. The number of ether oxygens (including phenoxy) is 2. The summed E-state index contributed by atoms with van der Waals surface area (Å²) >= 11 is 0. The number of aliphatic hydroxyl groups is 7. The summed E-state index contributed by atoms with van der Waals surface area (Å²) in [6.07, 6.45) is -9.37. The van der Waals surface area contributed by atoms with Gasteiger partial charge in [0.25, 0.3) is 0 Å². The van der Waals surface area contributed by atoms with Crippen molar-refractivity contribution in [3.63, 3.8) is 0 Å². The number of hydrogen-bond donors (Lipinski definition) is 8. The molecule has 150 valence electrons. The number of rotatable bonds is 5. The SMILES string of the molecule is CO[C@H]1OC(CCC2[NH2+][C@H](CO)[C@@H](O)[C@H](O)[C@H]2O)[C@@H](O)[C@H](O)[C@H]1O.[Cl-]. The van der Waals surface area contributed by atoms with Crippen molar-refractivity contribution in [2.45, 2.75) is 73.9 Å². The first kappa shape index (κ1) is 22.9. The Balaban J connectivity index is 0.00000312. The minimum Gasteiger partial charge on any atom is -1.00 e. The summed E-state index contributed by atoms with van der Waals surface area (Å²) in [6.45, 7) is -0.360. The van der Waals surface area contributed by atoms with E-state index in [1.165, 1.54) is 7.11 Å². The maximum absolute atomic E-state index is 10.1. The van der Waals surface area contributed by atoms with E-state index >= 15 is 0 Å². The van der Waals surface area contributed by atoms with Gasteiger partial charge in [0, 0.05) is 13.5 Å². The number of hydrogen-bond acceptors (Lipinski definition) is 9. The zero-order valence-corrected chi connectivity index (χ0v) is 14.6. The first-order valence-electron chi connectivity index (χ1n) is 8.04. The van der Waals surface area contributed by atoms with Crippen molar-refractivity contribution < 1.29 is 62.9 Å². The molecular formula is C14H28ClNO9. The van der Waals surface area contributed by atoms with Crippen molar-refractivity contribution in [2.75, 3.05) is 13.7 Å². The predicted molar refractivity (Wildman–Crippen MR) is 77.5 cm³/mol. The van der Waals surface area contributed by atoms with Gasteiger partial charge < -0.3 is 62.9 Å². The van der Waals surface area contributed by atoms with Gasteiger partial charge in [-0.2, -0.15) is 0 Å². The first-order chi connectivity index (χ1) is 11.3. The van der Waals surface area contributed by atoms with Crippen molar-refractivity contribution in [1.29, 1.82) is 0 Å². The molecule has 0 radical (unpaired) electrons. The summed E-state index contributed by atoms with van der Waals surface area (Å²) < 4.78 is 10.3. The van der Waals surface area contributed by atoms with Crippen molar-refractivity contribution in [2.24, 2.45) is 0 Å². The molecule has 2 aliphatic rings. The summed E-state index contributed by atoms with van der Waals surface area (Å²) in [6, 6.07) is -1.19. The van der Waals surface area contributed by atoms with E-state index in [1.54, 1.807) is 5.32 Å². The van der Waals surface area contributed by atoms with E-state index in [0.717, 1.165) is 0 Å². The third kappa shape index (κ3) is 4.79. The highest BCUT2D eigenvalue weighted by atomic mass is 35.5. The van der Waals surface area contributed by atoms with Gasteiger partial charge in [-0.25, -0.2) is 0 Å². The second-order valence-corrected chi connectivity index (χ2v) is 6.50. The smallest absolute Gasteiger partial charge is 0.186 e. The van der Waals surface area contributed by atoms with Crippen LogP contribution in [0.1, 0.15) is 12.8 Å². The zero-order chi connectivity index (χ0) is 18.0. The van der Waals surface area contributed by atoms with E-state index in [1.807, 2.05) is 0 Å². The molecule has 25 heavy (non-hydrogen) atoms. The Morgan fingerprint density at radius 2 is 1.36 bits per heavy atom. The number of aliphatic hydroxyl groups excluding tert-OH is 7. The highest BCUT2D eigenvalue weighted by molar-refractivity contribution is 4.92. The van der Waals surface area contributed by atoms with Crippen LogP contribution in [0.25, 0.3) is 0 Å². The van der Waals surface area contributed by atoms with Crippen LogP contribution in [-0.4, -0.2) is 111 Å². The Morgan fingerprint density at radius 3 is 1.92 bits per heavy atom. The lowest BCUT2D eigenvalue weighted by atomic mass is 9.86. The van der Waals surface area contributed by atoms with Crippen LogP contribution < -0.4 is 17.7 Å². The van der Waals surface area contributed by atoms with E-state index in [9.17, 15) is 35.7 Å². The van der Waals surface area contributed by atoms with E-state index < -0.39 is 61.1 Å². The standard InChI is InChI=1S/C14H27NO9.ClH/c1-23-14-13(22)12(21)10(19)7(24-14)3-2-5-8(17)11(20)9(18)6(4-16)15-5;/h5-22H,2-4H2,1H3;1H/t5?,6-,7?,8+,9-,10-,11-,12+,13-,14+;/m1./s1. The van der Waals surface area contributed by atoms with Crippen LogP contribution in [0.2, 0.25) is 0 Å². The largest absolute Gasteiger partial charge is 1.00 e. The molecule has 2 saturated heterocycles. The second kappa shape index (κ2) is 9.72. The lowest BCUT2D eigenvalue weighted by Crippen LogP contribution is -3.03. The molecule has 9 N–H and O–H groups in total. The highest BCUT2D eigenvalue weighted by Gasteiger charge is 2.47. The van der Waals surface area contributed by atoms with E-state index in [4.69, 9.17) is 9.47 Å². The molecule has 0 aliphatic carbocycles. The van der Waals surface area contributed by atoms with Crippen molar-refractivity contribution in [3.05, 3.63) is 0 Å². The fraction of sp³-hybridized carbons (Fsp3) is 1.00. The summed E-state index contributed by atoms with van der Waals surface area (Å²) in [7, 11) is 1.30. The number of halogens is 1. The minimum absolute atomic E-state index is 0. The fourth-order valence-corrected chi connectivity index (χ4v) is 3.40. The van der Waals surface area contributed by atoms with Gasteiger partial charge in [0.2, 0.25) is 0 Å². The predicted octanol–water partition coefficient (Wildman–Crippen LogP) is -8.39. The van der Waals surface area contributed by atoms with Crippen LogP contribution >= 0.6 is 0 Å². The van der Waals surface area contributed by atoms with Crippen LogP contribution in [0.3, 0.4) is 0 Å². The molecule has 0 aromatic heterocycles. The van der Waals surface area contributed by atoms with Gasteiger partial charge in [-0.3, -0.25) is 0 Å². The third-order valence-corrected chi connectivity index (χ3v) is 4.97. The molecule has 0 bridgehead atoms. The van der Waals surface area contributed by atoms with Gasteiger partial charge in [-0.15, -0.1) is 0 Å². The molecule has 2 heterocycles. The fourth-order valence-electron chi connectivity index (χ4n) is 3.40. The normalized spacial score (nSPS) is 48.0. The minimum atomic E-state index is -1.42. The lowest BCUT2D eigenvalue weighted by Gasteiger charge is -2.41. The van der Waals surface area contributed by atoms with Crippen LogP contribution in [-0.2, 0) is 9.47 Å². The molecule has 0 aromatic carbocycles. The Kier molecular flexibility index (Phi) is 8.91. The molecule has 11 heteroatoms. The molecule has 2 rings (SSSR count). The molecular weight excluding hydrogens is 362 g/mol. The average molecular weight is 390 g/mol. The quantitative estimate of drug-likeness (QED) is 0.227. The number of piperidine rings is 1. The summed E-state index contributed by atoms with van der Waals surface area (Å²) in [4.78, 5) is 0. The maximum atomic E-state index is 10.1. The van der Waals surface area contributed by atoms with Crippen LogP contribution in [0.4, 0.5) is 0 Å². The van der Waals surface area contributed by atoms with Crippen molar-refractivity contribution in [1.82, 2.24) is 0 Å². The van der Waals surface area contributed by atoms with Crippen molar-refractivity contribution in [3.8, 4) is 0 Å². The summed E-state index contributed by atoms with van der Waals surface area (Å²) in [5, 5.41) is 70.1. The van der Waals surface area contributed by atoms with Crippen LogP contribution in [0.5, 0.6) is 0 Å². The Labute approximate surface area is 151 Å². The molecule has 2 fully saturated rings. The van der Waals surface area contributed by atoms with E-state index in [2.05, 4.69) is 0 Å². The third-order valence-electron chi connectivity index (χ3n) is 4.97. The first-order valence-corrected chi connectivity index (χ1v) is 8.04. The molecule has 2 unspecified atom stereocenters. The Hall–Kier alpha value is -0.110. The zero-order valence-electron chi connectivity index (χ0n) is 13.8.